The van der Waals surface area contributed by atoms with Crippen LogP contribution in [0.3, 0.4) is 0 Å². The van der Waals surface area contributed by atoms with Gasteiger partial charge in [0.1, 0.15) is 0 Å². The average Bonchev–Trinajstić information content (AvgIpc) is 2.30. The van der Waals surface area contributed by atoms with E-state index in [1.807, 2.05) is 0 Å². The summed E-state index contributed by atoms with van der Waals surface area (Å²) in [5.41, 5.74) is 0.475. The highest BCUT2D eigenvalue weighted by Gasteiger charge is 2.52. The van der Waals surface area contributed by atoms with Gasteiger partial charge in [-0.15, -0.1) is 0 Å². The summed E-state index contributed by atoms with van der Waals surface area (Å²) >= 11 is 0. The third-order valence-corrected chi connectivity index (χ3v) is 3.51. The van der Waals surface area contributed by atoms with Gasteiger partial charge in [-0.05, 0) is 0 Å². The molecule has 0 amide bonds. The van der Waals surface area contributed by atoms with Crippen molar-refractivity contribution in [2.75, 3.05) is 39.4 Å². The van der Waals surface area contributed by atoms with E-state index in [9.17, 15) is 5.11 Å². The number of nitrogens with one attached hydrogen (secondary N) is 1. The third-order valence-electron chi connectivity index (χ3n) is 3.51. The fourth-order valence-electron chi connectivity index (χ4n) is 2.65. The van der Waals surface area contributed by atoms with E-state index in [-0.39, 0.29) is 6.10 Å². The minimum atomic E-state index is -0.168. The van der Waals surface area contributed by atoms with Crippen LogP contribution >= 0.6 is 0 Å². The molecule has 2 N–H and O–H groups in total. The molecule has 4 nitrogen and oxygen atoms in total. The second kappa shape index (κ2) is 2.67. The molecule has 0 aromatic rings. The van der Waals surface area contributed by atoms with E-state index in [1.54, 1.807) is 0 Å². The Hall–Kier alpha value is -0.160. The standard InChI is InChI=1S/C9H16N2O2/c12-8-2-10-1-7(8)11-3-9(4-11)5-13-6-9/h7-8,10,12H,1-6H2. The van der Waals surface area contributed by atoms with E-state index in [4.69, 9.17) is 4.74 Å². The highest BCUT2D eigenvalue weighted by Crippen LogP contribution is 2.39. The van der Waals surface area contributed by atoms with E-state index < -0.39 is 0 Å². The molecule has 0 aromatic heterocycles. The van der Waals surface area contributed by atoms with Crippen molar-refractivity contribution in [2.24, 2.45) is 5.41 Å². The van der Waals surface area contributed by atoms with Crippen LogP contribution in [0.2, 0.25) is 0 Å². The van der Waals surface area contributed by atoms with Crippen molar-refractivity contribution >= 4 is 0 Å². The van der Waals surface area contributed by atoms with Gasteiger partial charge in [-0.1, -0.05) is 0 Å². The second-order valence-electron chi connectivity index (χ2n) is 4.69. The number of ether oxygens (including phenoxy) is 1. The largest absolute Gasteiger partial charge is 0.390 e. The Kier molecular flexibility index (Phi) is 1.68. The number of likely N-dealkylation sites (tertiary alicyclic amines) is 1. The van der Waals surface area contributed by atoms with Crippen LogP contribution in [0.4, 0.5) is 0 Å². The number of hydrogen-bond donors (Lipinski definition) is 2. The van der Waals surface area contributed by atoms with Crippen LogP contribution in [0.1, 0.15) is 0 Å². The summed E-state index contributed by atoms with van der Waals surface area (Å²) in [4.78, 5) is 2.38. The summed E-state index contributed by atoms with van der Waals surface area (Å²) in [6.45, 7) is 5.80. The molecule has 0 radical (unpaired) electrons. The Balaban J connectivity index is 1.57. The van der Waals surface area contributed by atoms with Crippen molar-refractivity contribution in [3.63, 3.8) is 0 Å². The van der Waals surface area contributed by atoms with Crippen LogP contribution in [0.25, 0.3) is 0 Å². The first-order valence-corrected chi connectivity index (χ1v) is 5.00. The monoisotopic (exact) mass is 184 g/mol. The number of aliphatic hydroxyl groups is 1. The number of hydrogen-bond acceptors (Lipinski definition) is 4. The van der Waals surface area contributed by atoms with Gasteiger partial charge >= 0.3 is 0 Å². The molecule has 3 rings (SSSR count). The van der Waals surface area contributed by atoms with Crippen LogP contribution < -0.4 is 5.32 Å². The van der Waals surface area contributed by atoms with Gasteiger partial charge in [0.25, 0.3) is 0 Å². The highest BCUT2D eigenvalue weighted by atomic mass is 16.5. The first-order chi connectivity index (χ1) is 6.29. The molecule has 2 atom stereocenters. The summed E-state index contributed by atoms with van der Waals surface area (Å²) in [6, 6.07) is 0.353. The quantitative estimate of drug-likeness (QED) is 0.529. The Bertz CT molecular complexity index is 210. The lowest BCUT2D eigenvalue weighted by Crippen LogP contribution is -2.69. The van der Waals surface area contributed by atoms with Gasteiger partial charge in [-0.3, -0.25) is 4.90 Å². The number of nitrogens with zero attached hydrogens (tertiary/aromatic N) is 1. The topological polar surface area (TPSA) is 44.7 Å². The maximum Gasteiger partial charge on any atom is 0.0831 e. The SMILES string of the molecule is OC1CNCC1N1CC2(COC2)C1. The lowest BCUT2D eigenvalue weighted by Gasteiger charge is -2.57. The van der Waals surface area contributed by atoms with E-state index in [2.05, 4.69) is 10.2 Å². The number of rotatable bonds is 1. The first-order valence-electron chi connectivity index (χ1n) is 5.00. The van der Waals surface area contributed by atoms with Crippen molar-refractivity contribution in [2.45, 2.75) is 12.1 Å². The first kappa shape index (κ1) is 8.17. The maximum atomic E-state index is 9.65. The highest BCUT2D eigenvalue weighted by molar-refractivity contribution is 5.04. The molecule has 3 saturated heterocycles. The van der Waals surface area contributed by atoms with E-state index in [1.165, 1.54) is 0 Å². The van der Waals surface area contributed by atoms with Crippen LogP contribution in [0.5, 0.6) is 0 Å². The molecule has 2 unspecified atom stereocenters. The normalized spacial score (nSPS) is 43.2. The van der Waals surface area contributed by atoms with E-state index >= 15 is 0 Å². The summed E-state index contributed by atoms with van der Waals surface area (Å²) in [5, 5.41) is 12.9. The Morgan fingerprint density at radius 3 is 2.54 bits per heavy atom. The van der Waals surface area contributed by atoms with Gasteiger partial charge in [0, 0.05) is 37.6 Å². The van der Waals surface area contributed by atoms with Crippen molar-refractivity contribution < 1.29 is 9.84 Å². The predicted octanol–water partition coefficient (Wildman–Crippen LogP) is -1.35. The predicted molar refractivity (Wildman–Crippen MR) is 47.5 cm³/mol. The molecule has 3 fully saturated rings. The van der Waals surface area contributed by atoms with Crippen LogP contribution in [0, 0.1) is 5.41 Å². The fraction of sp³-hybridized carbons (Fsp3) is 1.00. The molecular weight excluding hydrogens is 168 g/mol. The summed E-state index contributed by atoms with van der Waals surface area (Å²) in [7, 11) is 0. The van der Waals surface area contributed by atoms with Gasteiger partial charge in [0.15, 0.2) is 0 Å². The minimum absolute atomic E-state index is 0.168. The van der Waals surface area contributed by atoms with Gasteiger partial charge in [0.05, 0.1) is 19.3 Å². The summed E-state index contributed by atoms with van der Waals surface area (Å²) in [5.74, 6) is 0. The zero-order chi connectivity index (χ0) is 8.89. The molecule has 3 heterocycles. The third kappa shape index (κ3) is 1.13. The molecule has 0 saturated carbocycles. The molecule has 0 bridgehead atoms. The van der Waals surface area contributed by atoms with Crippen LogP contribution in [-0.4, -0.2) is 61.5 Å². The molecule has 74 valence electrons. The van der Waals surface area contributed by atoms with Gasteiger partial charge in [-0.2, -0.15) is 0 Å². The van der Waals surface area contributed by atoms with E-state index in [0.717, 1.165) is 39.4 Å². The van der Waals surface area contributed by atoms with Crippen molar-refractivity contribution in [3.05, 3.63) is 0 Å². The van der Waals surface area contributed by atoms with Crippen LogP contribution in [0.15, 0.2) is 0 Å². The van der Waals surface area contributed by atoms with Crippen molar-refractivity contribution in [1.82, 2.24) is 10.2 Å². The molecule has 1 spiro atoms. The Morgan fingerprint density at radius 1 is 1.31 bits per heavy atom. The lowest BCUT2D eigenvalue weighted by atomic mass is 9.77. The Labute approximate surface area is 77.9 Å². The lowest BCUT2D eigenvalue weighted by molar-refractivity contribution is -0.202. The molecule has 13 heavy (non-hydrogen) atoms. The molecule has 0 aliphatic carbocycles. The molecule has 4 heteroatoms. The smallest absolute Gasteiger partial charge is 0.0831 e. The summed E-state index contributed by atoms with van der Waals surface area (Å²) < 4.78 is 5.21. The molecule has 3 aliphatic heterocycles. The van der Waals surface area contributed by atoms with Crippen molar-refractivity contribution in [1.29, 1.82) is 0 Å². The van der Waals surface area contributed by atoms with Gasteiger partial charge in [-0.25, -0.2) is 0 Å². The Morgan fingerprint density at radius 2 is 2.08 bits per heavy atom. The summed E-state index contributed by atoms with van der Waals surface area (Å²) in [6.07, 6.45) is -0.168. The van der Waals surface area contributed by atoms with E-state index in [0.29, 0.717) is 11.5 Å². The zero-order valence-corrected chi connectivity index (χ0v) is 7.70. The fourth-order valence-corrected chi connectivity index (χ4v) is 2.65. The number of β-amino-alcohol motifs (C(OH)–C–C–N with tert-alkyl or cyclic N) is 1. The average molecular weight is 184 g/mol. The zero-order valence-electron chi connectivity index (χ0n) is 7.70. The van der Waals surface area contributed by atoms with Gasteiger partial charge < -0.3 is 15.2 Å². The molecule has 0 aromatic carbocycles. The second-order valence-corrected chi connectivity index (χ2v) is 4.69. The minimum Gasteiger partial charge on any atom is -0.390 e. The van der Waals surface area contributed by atoms with Crippen LogP contribution in [-0.2, 0) is 4.74 Å². The molecule has 3 aliphatic rings. The number of aliphatic hydroxyl groups excluding tert-OH is 1. The molecular formula is C9H16N2O2. The van der Waals surface area contributed by atoms with Crippen molar-refractivity contribution in [3.8, 4) is 0 Å². The van der Waals surface area contributed by atoms with Gasteiger partial charge in [0.2, 0.25) is 0 Å². The maximum absolute atomic E-state index is 9.65.